The number of hydrogen-bond donors (Lipinski definition) is 1. The first-order chi connectivity index (χ1) is 14.7. The molecule has 1 N–H and O–H groups in total. The van der Waals surface area contributed by atoms with Gasteiger partial charge in [-0.05, 0) is 43.2 Å². The van der Waals surface area contributed by atoms with Crippen LogP contribution in [0.15, 0.2) is 70.8 Å². The van der Waals surface area contributed by atoms with Crippen molar-refractivity contribution < 1.29 is 0 Å². The van der Waals surface area contributed by atoms with Crippen LogP contribution in [0.1, 0.15) is 22.4 Å². The molecular weight excluding hydrogens is 426 g/mol. The summed E-state index contributed by atoms with van der Waals surface area (Å²) >= 11 is 5.64. The minimum Gasteiger partial charge on any atom is -0.333 e. The van der Waals surface area contributed by atoms with E-state index in [1.54, 1.807) is 11.8 Å². The molecule has 30 heavy (non-hydrogen) atoms. The molecule has 0 bridgehead atoms. The molecule has 0 amide bonds. The summed E-state index contributed by atoms with van der Waals surface area (Å²) in [5.41, 5.74) is 7.24. The number of rotatable bonds is 9. The average molecular weight is 452 g/mol. The van der Waals surface area contributed by atoms with Crippen molar-refractivity contribution in [1.82, 2.24) is 15.0 Å². The molecule has 0 aliphatic rings. The number of pyridine rings is 1. The lowest BCUT2D eigenvalue weighted by molar-refractivity contribution is 1.05. The molecule has 0 saturated heterocycles. The van der Waals surface area contributed by atoms with Crippen molar-refractivity contribution in [3.05, 3.63) is 83.2 Å². The van der Waals surface area contributed by atoms with Crippen molar-refractivity contribution in [2.24, 2.45) is 0 Å². The standard InChI is InChI=1S/C24H25N3S3/c1-17-7-9-19(10-8-17)15-28-13-14-29-23-11-12-25-22(18(23)2)16-30-24-26-20-5-3-4-6-21(20)27-24/h3-12H,13-16H2,1-2H3,(H,26,27). The van der Waals surface area contributed by atoms with Gasteiger partial charge < -0.3 is 4.98 Å². The molecule has 0 aliphatic heterocycles. The Labute approximate surface area is 190 Å². The number of hydrogen-bond acceptors (Lipinski definition) is 5. The highest BCUT2D eigenvalue weighted by atomic mass is 32.2. The predicted molar refractivity (Wildman–Crippen MR) is 133 cm³/mol. The van der Waals surface area contributed by atoms with Gasteiger partial charge in [0.2, 0.25) is 0 Å². The predicted octanol–water partition coefficient (Wildman–Crippen LogP) is 6.89. The lowest BCUT2D eigenvalue weighted by atomic mass is 10.2. The molecule has 154 valence electrons. The van der Waals surface area contributed by atoms with E-state index in [2.05, 4.69) is 65.2 Å². The topological polar surface area (TPSA) is 41.6 Å². The van der Waals surface area contributed by atoms with Crippen molar-refractivity contribution in [3.8, 4) is 0 Å². The zero-order chi connectivity index (χ0) is 20.8. The Morgan fingerprint density at radius 1 is 0.867 bits per heavy atom. The fourth-order valence-corrected chi connectivity index (χ4v) is 6.08. The van der Waals surface area contributed by atoms with Gasteiger partial charge in [-0.3, -0.25) is 4.98 Å². The average Bonchev–Trinajstić information content (AvgIpc) is 3.18. The van der Waals surface area contributed by atoms with Crippen LogP contribution in [0.3, 0.4) is 0 Å². The molecule has 2 aromatic heterocycles. The quantitative estimate of drug-likeness (QED) is 0.222. The highest BCUT2D eigenvalue weighted by Gasteiger charge is 2.09. The first-order valence-corrected chi connectivity index (χ1v) is 13.1. The number of imidazole rings is 1. The number of aryl methyl sites for hydroxylation is 1. The molecule has 0 fully saturated rings. The second-order valence-corrected chi connectivity index (χ2v) is 10.3. The van der Waals surface area contributed by atoms with Gasteiger partial charge in [0.15, 0.2) is 5.16 Å². The Morgan fingerprint density at radius 2 is 1.70 bits per heavy atom. The van der Waals surface area contributed by atoms with Crippen LogP contribution in [0.5, 0.6) is 0 Å². The van der Waals surface area contributed by atoms with Crippen LogP contribution in [-0.2, 0) is 11.5 Å². The smallest absolute Gasteiger partial charge is 0.166 e. The summed E-state index contributed by atoms with van der Waals surface area (Å²) in [5.74, 6) is 4.15. The third kappa shape index (κ3) is 5.62. The summed E-state index contributed by atoms with van der Waals surface area (Å²) in [6, 6.07) is 19.1. The molecule has 0 saturated carbocycles. The third-order valence-electron chi connectivity index (χ3n) is 4.85. The van der Waals surface area contributed by atoms with Gasteiger partial charge in [0, 0.05) is 34.1 Å². The highest BCUT2D eigenvalue weighted by molar-refractivity contribution is 8.02. The van der Waals surface area contributed by atoms with E-state index >= 15 is 0 Å². The molecule has 0 radical (unpaired) electrons. The van der Waals surface area contributed by atoms with Crippen molar-refractivity contribution >= 4 is 46.3 Å². The van der Waals surface area contributed by atoms with Crippen molar-refractivity contribution in [2.75, 3.05) is 11.5 Å². The monoisotopic (exact) mass is 451 g/mol. The maximum Gasteiger partial charge on any atom is 0.166 e. The minimum atomic E-state index is 0.822. The first kappa shape index (κ1) is 21.3. The molecule has 0 unspecified atom stereocenters. The summed E-state index contributed by atoms with van der Waals surface area (Å²) in [5, 5.41) is 0.947. The van der Waals surface area contributed by atoms with Gasteiger partial charge in [0.25, 0.3) is 0 Å². The summed E-state index contributed by atoms with van der Waals surface area (Å²) in [7, 11) is 0. The first-order valence-electron chi connectivity index (χ1n) is 9.97. The van der Waals surface area contributed by atoms with E-state index in [-0.39, 0.29) is 0 Å². The maximum atomic E-state index is 4.65. The fourth-order valence-electron chi connectivity index (χ4n) is 3.08. The number of nitrogens with zero attached hydrogens (tertiary/aromatic N) is 2. The van der Waals surface area contributed by atoms with Crippen LogP contribution in [0, 0.1) is 13.8 Å². The number of para-hydroxylation sites is 2. The van der Waals surface area contributed by atoms with Crippen LogP contribution < -0.4 is 0 Å². The molecule has 3 nitrogen and oxygen atoms in total. The lowest BCUT2D eigenvalue weighted by Gasteiger charge is -2.09. The zero-order valence-electron chi connectivity index (χ0n) is 17.2. The fraction of sp³-hybridized carbons (Fsp3) is 0.250. The van der Waals surface area contributed by atoms with E-state index in [4.69, 9.17) is 0 Å². The summed E-state index contributed by atoms with van der Waals surface area (Å²) in [6.45, 7) is 4.32. The largest absolute Gasteiger partial charge is 0.333 e. The van der Waals surface area contributed by atoms with Crippen LogP contribution in [0.4, 0.5) is 0 Å². The van der Waals surface area contributed by atoms with E-state index in [0.717, 1.165) is 44.9 Å². The number of nitrogens with one attached hydrogen (secondary N) is 1. The van der Waals surface area contributed by atoms with Crippen molar-refractivity contribution in [3.63, 3.8) is 0 Å². The Balaban J connectivity index is 1.27. The molecule has 4 rings (SSSR count). The molecule has 0 atom stereocenters. The molecule has 0 spiro atoms. The summed E-state index contributed by atoms with van der Waals surface area (Å²) in [4.78, 5) is 14.0. The minimum absolute atomic E-state index is 0.822. The second-order valence-electron chi connectivity index (χ2n) is 7.12. The molecular formula is C24H25N3S3. The summed E-state index contributed by atoms with van der Waals surface area (Å²) in [6.07, 6.45) is 1.93. The Hall–Kier alpha value is -1.89. The normalized spacial score (nSPS) is 11.3. The van der Waals surface area contributed by atoms with Crippen LogP contribution in [-0.4, -0.2) is 26.5 Å². The Morgan fingerprint density at radius 3 is 2.53 bits per heavy atom. The number of benzene rings is 2. The molecule has 2 aromatic carbocycles. The molecule has 6 heteroatoms. The van der Waals surface area contributed by atoms with Gasteiger partial charge in [-0.2, -0.15) is 11.8 Å². The number of aromatic amines is 1. The van der Waals surface area contributed by atoms with E-state index in [1.807, 2.05) is 47.9 Å². The lowest BCUT2D eigenvalue weighted by Crippen LogP contribution is -1.95. The third-order valence-corrected chi connectivity index (χ3v) is 8.18. The van der Waals surface area contributed by atoms with Crippen LogP contribution in [0.25, 0.3) is 11.0 Å². The molecule has 2 heterocycles. The number of thioether (sulfide) groups is 3. The maximum absolute atomic E-state index is 4.65. The van der Waals surface area contributed by atoms with Gasteiger partial charge >= 0.3 is 0 Å². The van der Waals surface area contributed by atoms with E-state index in [9.17, 15) is 0 Å². The zero-order valence-corrected chi connectivity index (χ0v) is 19.7. The van der Waals surface area contributed by atoms with Crippen molar-refractivity contribution in [1.29, 1.82) is 0 Å². The Kier molecular flexibility index (Phi) is 7.42. The number of H-pyrrole nitrogens is 1. The van der Waals surface area contributed by atoms with Gasteiger partial charge in [-0.1, -0.05) is 53.7 Å². The number of fused-ring (bicyclic) bond motifs is 1. The summed E-state index contributed by atoms with van der Waals surface area (Å²) < 4.78 is 0. The molecule has 4 aromatic rings. The van der Waals surface area contributed by atoms with E-state index < -0.39 is 0 Å². The van der Waals surface area contributed by atoms with E-state index in [1.165, 1.54) is 21.6 Å². The SMILES string of the molecule is Cc1ccc(CSCCSc2ccnc(CSc3nc4ccccc4[nH]3)c2C)cc1. The van der Waals surface area contributed by atoms with Crippen LogP contribution in [0.2, 0.25) is 0 Å². The van der Waals surface area contributed by atoms with Gasteiger partial charge in [-0.15, -0.1) is 11.8 Å². The van der Waals surface area contributed by atoms with Gasteiger partial charge in [0.05, 0.1) is 16.7 Å². The second kappa shape index (κ2) is 10.4. The number of aromatic nitrogens is 3. The highest BCUT2D eigenvalue weighted by Crippen LogP contribution is 2.29. The van der Waals surface area contributed by atoms with Gasteiger partial charge in [0.1, 0.15) is 0 Å². The Bertz CT molecular complexity index is 1070. The van der Waals surface area contributed by atoms with Gasteiger partial charge in [-0.25, -0.2) is 4.98 Å². The van der Waals surface area contributed by atoms with E-state index in [0.29, 0.717) is 0 Å². The van der Waals surface area contributed by atoms with Crippen molar-refractivity contribution in [2.45, 2.75) is 35.4 Å². The molecule has 0 aliphatic carbocycles. The van der Waals surface area contributed by atoms with Crippen LogP contribution >= 0.6 is 35.3 Å².